The number of hydrogen-bond donors (Lipinski definition) is 0. The fourth-order valence-corrected chi connectivity index (χ4v) is 3.11. The van der Waals surface area contributed by atoms with Gasteiger partial charge in [-0.2, -0.15) is 0 Å². The van der Waals surface area contributed by atoms with Crippen molar-refractivity contribution in [1.29, 1.82) is 0 Å². The van der Waals surface area contributed by atoms with Gasteiger partial charge in [-0.1, -0.05) is 41.0 Å². The van der Waals surface area contributed by atoms with Gasteiger partial charge < -0.3 is 0 Å². The number of aryl methyl sites for hydroxylation is 1. The summed E-state index contributed by atoms with van der Waals surface area (Å²) in [6.07, 6.45) is 3.21. The highest BCUT2D eigenvalue weighted by molar-refractivity contribution is 7.98. The molecule has 0 fully saturated rings. The number of benzene rings is 1. The second-order valence-corrected chi connectivity index (χ2v) is 6.23. The van der Waals surface area contributed by atoms with Gasteiger partial charge >= 0.3 is 5.69 Å². The van der Waals surface area contributed by atoms with Gasteiger partial charge in [-0.25, -0.2) is 19.3 Å². The van der Waals surface area contributed by atoms with Gasteiger partial charge in [-0.15, -0.1) is 0 Å². The zero-order chi connectivity index (χ0) is 16.7. The Morgan fingerprint density at radius 3 is 2.43 bits per heavy atom. The van der Waals surface area contributed by atoms with E-state index in [2.05, 4.69) is 9.97 Å². The zero-order valence-corrected chi connectivity index (χ0v) is 14.4. The molecule has 0 radical (unpaired) electrons. The minimum absolute atomic E-state index is 0.150. The van der Waals surface area contributed by atoms with Crippen molar-refractivity contribution in [2.24, 2.45) is 7.05 Å². The lowest BCUT2D eigenvalue weighted by atomic mass is 10.3. The Kier molecular flexibility index (Phi) is 4.18. The second kappa shape index (κ2) is 5.99. The first-order valence-corrected chi connectivity index (χ1v) is 8.41. The number of rotatable bonds is 2. The molecule has 3 rings (SSSR count). The van der Waals surface area contributed by atoms with E-state index in [0.29, 0.717) is 5.16 Å². The summed E-state index contributed by atoms with van der Waals surface area (Å²) in [6, 6.07) is 4.76. The number of thioether (sulfide) groups is 1. The van der Waals surface area contributed by atoms with E-state index in [1.165, 1.54) is 29.6 Å². The average Bonchev–Trinajstić information content (AvgIpc) is 2.55. The molecule has 1 aromatic carbocycles. The molecule has 9 heteroatoms. The molecule has 118 valence electrons. The zero-order valence-electron chi connectivity index (χ0n) is 12.1. The minimum Gasteiger partial charge on any atom is -0.280 e. The van der Waals surface area contributed by atoms with Gasteiger partial charge in [-0.3, -0.25) is 9.36 Å². The predicted molar refractivity (Wildman–Crippen MR) is 92.2 cm³/mol. The number of hydrogen-bond acceptors (Lipinski definition) is 5. The molecule has 23 heavy (non-hydrogen) atoms. The van der Waals surface area contributed by atoms with Crippen LogP contribution in [0.1, 0.15) is 0 Å². The van der Waals surface area contributed by atoms with E-state index in [1.54, 1.807) is 18.2 Å². The predicted octanol–water partition coefficient (Wildman–Crippen LogP) is 2.51. The minimum atomic E-state index is -0.580. The molecule has 0 saturated heterocycles. The summed E-state index contributed by atoms with van der Waals surface area (Å²) >= 11 is 13.6. The molecular formula is C14H10Cl2N4O2S. The van der Waals surface area contributed by atoms with Crippen LogP contribution in [0.2, 0.25) is 10.0 Å². The van der Waals surface area contributed by atoms with Gasteiger partial charge in [0.15, 0.2) is 10.8 Å². The normalized spacial score (nSPS) is 11.1. The standard InChI is InChI=1S/C14H10Cl2N4O2S/c1-19-11-7(6-17-13(18-11)23-2)12(21)20(14(19)22)10-8(15)4-3-5-9(10)16/h3-6H,1-2H3. The van der Waals surface area contributed by atoms with Crippen LogP contribution in [0.5, 0.6) is 0 Å². The Hall–Kier alpha value is -1.83. The van der Waals surface area contributed by atoms with Crippen LogP contribution in [0.3, 0.4) is 0 Å². The smallest absolute Gasteiger partial charge is 0.280 e. The maximum atomic E-state index is 12.8. The van der Waals surface area contributed by atoms with Gasteiger partial charge in [0, 0.05) is 13.2 Å². The van der Waals surface area contributed by atoms with Gasteiger partial charge in [0.05, 0.1) is 15.7 Å². The van der Waals surface area contributed by atoms with Crippen LogP contribution in [0.4, 0.5) is 0 Å². The fourth-order valence-electron chi connectivity index (χ4n) is 2.21. The lowest BCUT2D eigenvalue weighted by molar-refractivity contribution is 0.754. The number of aromatic nitrogens is 4. The summed E-state index contributed by atoms with van der Waals surface area (Å²) in [5.74, 6) is 0. The Labute approximate surface area is 144 Å². The van der Waals surface area contributed by atoms with Crippen LogP contribution < -0.4 is 11.2 Å². The van der Waals surface area contributed by atoms with Crippen LogP contribution in [0.15, 0.2) is 39.1 Å². The number of nitrogens with zero attached hydrogens (tertiary/aromatic N) is 4. The van der Waals surface area contributed by atoms with Crippen molar-refractivity contribution >= 4 is 46.0 Å². The maximum Gasteiger partial charge on any atom is 0.337 e. The molecular weight excluding hydrogens is 359 g/mol. The Bertz CT molecular complexity index is 1030. The molecule has 3 aromatic rings. The van der Waals surface area contributed by atoms with E-state index in [-0.39, 0.29) is 26.8 Å². The second-order valence-electron chi connectivity index (χ2n) is 4.65. The summed E-state index contributed by atoms with van der Waals surface area (Å²) < 4.78 is 2.22. The van der Waals surface area contributed by atoms with Crippen LogP contribution in [0, 0.1) is 0 Å². The molecule has 0 aliphatic heterocycles. The number of para-hydroxylation sites is 1. The molecule has 0 spiro atoms. The molecule has 0 saturated carbocycles. The van der Waals surface area contributed by atoms with Gasteiger partial charge in [0.2, 0.25) is 0 Å². The van der Waals surface area contributed by atoms with E-state index in [1.807, 2.05) is 6.26 Å². The topological polar surface area (TPSA) is 69.8 Å². The molecule has 2 heterocycles. The van der Waals surface area contributed by atoms with Crippen LogP contribution in [-0.2, 0) is 7.05 Å². The molecule has 6 nitrogen and oxygen atoms in total. The summed E-state index contributed by atoms with van der Waals surface area (Å²) in [5.41, 5.74) is -0.731. The van der Waals surface area contributed by atoms with Crippen LogP contribution in [0.25, 0.3) is 16.7 Å². The van der Waals surface area contributed by atoms with E-state index in [4.69, 9.17) is 23.2 Å². The highest BCUT2D eigenvalue weighted by Crippen LogP contribution is 2.26. The quantitative estimate of drug-likeness (QED) is 0.513. The molecule has 2 aromatic heterocycles. The van der Waals surface area contributed by atoms with Crippen LogP contribution in [-0.4, -0.2) is 25.4 Å². The molecule has 0 unspecified atom stereocenters. The Morgan fingerprint density at radius 2 is 1.83 bits per heavy atom. The number of fused-ring (bicyclic) bond motifs is 1. The monoisotopic (exact) mass is 368 g/mol. The fraction of sp³-hybridized carbons (Fsp3) is 0.143. The summed E-state index contributed by atoms with van der Waals surface area (Å²) in [6.45, 7) is 0. The molecule has 0 atom stereocenters. The van der Waals surface area contributed by atoms with Crippen molar-refractivity contribution < 1.29 is 0 Å². The van der Waals surface area contributed by atoms with E-state index in [0.717, 1.165) is 4.57 Å². The lowest BCUT2D eigenvalue weighted by Gasteiger charge is -2.12. The molecule has 0 N–H and O–H groups in total. The van der Waals surface area contributed by atoms with Crippen molar-refractivity contribution in [3.05, 3.63) is 55.3 Å². The van der Waals surface area contributed by atoms with Gasteiger partial charge in [0.1, 0.15) is 5.39 Å². The van der Waals surface area contributed by atoms with Gasteiger partial charge in [-0.05, 0) is 18.4 Å². The third-order valence-corrected chi connectivity index (χ3v) is 4.49. The highest BCUT2D eigenvalue weighted by Gasteiger charge is 2.18. The van der Waals surface area contributed by atoms with Gasteiger partial charge in [0.25, 0.3) is 5.56 Å². The van der Waals surface area contributed by atoms with Crippen molar-refractivity contribution in [3.8, 4) is 5.69 Å². The molecule has 0 bridgehead atoms. The Balaban J connectivity index is 2.50. The van der Waals surface area contributed by atoms with Crippen molar-refractivity contribution in [3.63, 3.8) is 0 Å². The maximum absolute atomic E-state index is 12.8. The van der Waals surface area contributed by atoms with Crippen LogP contribution >= 0.6 is 35.0 Å². The summed E-state index contributed by atoms with van der Waals surface area (Å²) in [7, 11) is 1.53. The molecule has 0 aliphatic carbocycles. The first kappa shape index (κ1) is 16.0. The molecule has 0 aliphatic rings. The summed E-state index contributed by atoms with van der Waals surface area (Å²) in [4.78, 5) is 33.7. The Morgan fingerprint density at radius 1 is 1.17 bits per heavy atom. The first-order valence-electron chi connectivity index (χ1n) is 6.43. The largest absolute Gasteiger partial charge is 0.337 e. The van der Waals surface area contributed by atoms with Crippen molar-refractivity contribution in [2.45, 2.75) is 5.16 Å². The molecule has 0 amide bonds. The SMILES string of the molecule is CSc1ncc2c(=O)n(-c3c(Cl)cccc3Cl)c(=O)n(C)c2n1. The van der Waals surface area contributed by atoms with Crippen molar-refractivity contribution in [2.75, 3.05) is 6.26 Å². The first-order chi connectivity index (χ1) is 11.0. The van der Waals surface area contributed by atoms with E-state index >= 15 is 0 Å². The highest BCUT2D eigenvalue weighted by atomic mass is 35.5. The lowest BCUT2D eigenvalue weighted by Crippen LogP contribution is -2.38. The average molecular weight is 369 g/mol. The third kappa shape index (κ3) is 2.54. The van der Waals surface area contributed by atoms with E-state index < -0.39 is 11.2 Å². The summed E-state index contributed by atoms with van der Waals surface area (Å²) in [5, 5.41) is 1.09. The third-order valence-electron chi connectivity index (χ3n) is 3.32. The van der Waals surface area contributed by atoms with E-state index in [9.17, 15) is 9.59 Å². The number of halogens is 2. The van der Waals surface area contributed by atoms with Crippen molar-refractivity contribution in [1.82, 2.24) is 19.1 Å².